The Morgan fingerprint density at radius 2 is 2.06 bits per heavy atom. The Kier molecular flexibility index (Phi) is 6.03. The fraction of sp³-hybridized carbons (Fsp3) is 0.818. The molecular formula is C11H21N3O2. The van der Waals surface area contributed by atoms with Crippen molar-refractivity contribution in [1.29, 1.82) is 0 Å². The molecule has 1 N–H and O–H groups in total. The smallest absolute Gasteiger partial charge is 0.240 e. The summed E-state index contributed by atoms with van der Waals surface area (Å²) < 4.78 is 5.09. The number of aliphatic hydroxyl groups is 1. The van der Waals surface area contributed by atoms with Gasteiger partial charge >= 0.3 is 0 Å². The molecule has 0 aliphatic rings. The van der Waals surface area contributed by atoms with Crippen LogP contribution in [0.4, 0.5) is 0 Å². The number of hydrogen-bond acceptors (Lipinski definition) is 5. The van der Waals surface area contributed by atoms with Crippen LogP contribution in [0.3, 0.4) is 0 Å². The van der Waals surface area contributed by atoms with Gasteiger partial charge in [-0.15, -0.1) is 0 Å². The molecule has 0 aromatic carbocycles. The van der Waals surface area contributed by atoms with Crippen LogP contribution in [0.2, 0.25) is 0 Å². The maximum Gasteiger partial charge on any atom is 0.240 e. The number of unbranched alkanes of at least 4 members (excludes halogenated alkanes) is 1. The highest BCUT2D eigenvalue weighted by Crippen LogP contribution is 2.04. The fourth-order valence-electron chi connectivity index (χ4n) is 1.54. The number of nitrogens with zero attached hydrogens (tertiary/aromatic N) is 3. The van der Waals surface area contributed by atoms with Crippen LogP contribution in [0.5, 0.6) is 0 Å². The molecule has 1 rings (SSSR count). The van der Waals surface area contributed by atoms with Gasteiger partial charge in [-0.1, -0.05) is 18.5 Å². The first-order valence-electron chi connectivity index (χ1n) is 5.88. The summed E-state index contributed by atoms with van der Waals surface area (Å²) in [6.45, 7) is 6.78. The normalized spacial score (nSPS) is 11.2. The molecule has 1 heterocycles. The quantitative estimate of drug-likeness (QED) is 0.726. The van der Waals surface area contributed by atoms with Gasteiger partial charge in [0.25, 0.3) is 0 Å². The summed E-state index contributed by atoms with van der Waals surface area (Å²) in [6, 6.07) is 0. The van der Waals surface area contributed by atoms with E-state index in [1.165, 1.54) is 6.42 Å². The van der Waals surface area contributed by atoms with Crippen LogP contribution in [-0.4, -0.2) is 39.8 Å². The van der Waals surface area contributed by atoms with Gasteiger partial charge in [-0.3, -0.25) is 4.90 Å². The number of aromatic nitrogens is 2. The van der Waals surface area contributed by atoms with Gasteiger partial charge in [-0.25, -0.2) is 0 Å². The predicted octanol–water partition coefficient (Wildman–Crippen LogP) is 1.36. The lowest BCUT2D eigenvalue weighted by molar-refractivity contribution is 0.196. The second-order valence-corrected chi connectivity index (χ2v) is 3.94. The van der Waals surface area contributed by atoms with Crippen LogP contribution in [-0.2, 0) is 6.54 Å². The van der Waals surface area contributed by atoms with Gasteiger partial charge in [-0.05, 0) is 26.3 Å². The second kappa shape index (κ2) is 7.35. The van der Waals surface area contributed by atoms with E-state index in [2.05, 4.69) is 22.0 Å². The van der Waals surface area contributed by atoms with E-state index in [0.717, 1.165) is 25.9 Å². The van der Waals surface area contributed by atoms with Gasteiger partial charge in [0.05, 0.1) is 6.54 Å². The van der Waals surface area contributed by atoms with E-state index >= 15 is 0 Å². The number of hydrogen-bond donors (Lipinski definition) is 1. The third-order valence-electron chi connectivity index (χ3n) is 2.39. The molecule has 0 atom stereocenters. The van der Waals surface area contributed by atoms with Crippen molar-refractivity contribution < 1.29 is 9.63 Å². The van der Waals surface area contributed by atoms with E-state index in [4.69, 9.17) is 9.63 Å². The molecule has 16 heavy (non-hydrogen) atoms. The van der Waals surface area contributed by atoms with Crippen molar-refractivity contribution in [1.82, 2.24) is 15.0 Å². The fourth-order valence-corrected chi connectivity index (χ4v) is 1.54. The monoisotopic (exact) mass is 227 g/mol. The lowest BCUT2D eigenvalue weighted by atomic mass is 10.3. The minimum absolute atomic E-state index is 0.228. The summed E-state index contributed by atoms with van der Waals surface area (Å²) in [5.41, 5.74) is 0. The van der Waals surface area contributed by atoms with Gasteiger partial charge in [0.1, 0.15) is 0 Å². The van der Waals surface area contributed by atoms with Crippen molar-refractivity contribution >= 4 is 0 Å². The van der Waals surface area contributed by atoms with Crippen LogP contribution in [0.25, 0.3) is 0 Å². The third kappa shape index (κ3) is 4.72. The molecule has 0 unspecified atom stereocenters. The Labute approximate surface area is 96.5 Å². The van der Waals surface area contributed by atoms with E-state index in [1.807, 2.05) is 6.92 Å². The zero-order valence-electron chi connectivity index (χ0n) is 10.1. The molecule has 0 amide bonds. The van der Waals surface area contributed by atoms with E-state index in [1.54, 1.807) is 0 Å². The van der Waals surface area contributed by atoms with Crippen molar-refractivity contribution in [2.24, 2.45) is 0 Å². The number of aryl methyl sites for hydroxylation is 1. The summed E-state index contributed by atoms with van der Waals surface area (Å²) in [7, 11) is 0. The van der Waals surface area contributed by atoms with Crippen LogP contribution in [0.15, 0.2) is 4.52 Å². The molecule has 0 radical (unpaired) electrons. The van der Waals surface area contributed by atoms with Gasteiger partial charge in [0.15, 0.2) is 5.82 Å². The standard InChI is InChI=1S/C11H21N3O2/c1-3-4-6-14(7-5-8-15)9-11-12-10(2)13-16-11/h15H,3-9H2,1-2H3. The number of aliphatic hydroxyl groups excluding tert-OH is 1. The SMILES string of the molecule is CCCCN(CCCO)Cc1nc(C)no1. The molecule has 0 aliphatic heterocycles. The zero-order valence-corrected chi connectivity index (χ0v) is 10.1. The van der Waals surface area contributed by atoms with Crippen molar-refractivity contribution in [2.45, 2.75) is 39.7 Å². The molecule has 0 bridgehead atoms. The minimum Gasteiger partial charge on any atom is -0.396 e. The third-order valence-corrected chi connectivity index (χ3v) is 2.39. The summed E-state index contributed by atoms with van der Waals surface area (Å²) in [5, 5.41) is 12.6. The largest absolute Gasteiger partial charge is 0.396 e. The summed E-state index contributed by atoms with van der Waals surface area (Å²) >= 11 is 0. The van der Waals surface area contributed by atoms with E-state index in [0.29, 0.717) is 18.3 Å². The molecule has 1 aromatic rings. The van der Waals surface area contributed by atoms with Gasteiger partial charge < -0.3 is 9.63 Å². The van der Waals surface area contributed by atoms with Crippen molar-refractivity contribution in [2.75, 3.05) is 19.7 Å². The molecule has 92 valence electrons. The predicted molar refractivity (Wildman–Crippen MR) is 60.9 cm³/mol. The average molecular weight is 227 g/mol. The Balaban J connectivity index is 2.41. The molecule has 5 nitrogen and oxygen atoms in total. The van der Waals surface area contributed by atoms with E-state index < -0.39 is 0 Å². The van der Waals surface area contributed by atoms with E-state index in [-0.39, 0.29) is 6.61 Å². The topological polar surface area (TPSA) is 62.4 Å². The molecule has 0 aliphatic carbocycles. The second-order valence-electron chi connectivity index (χ2n) is 3.94. The van der Waals surface area contributed by atoms with Crippen LogP contribution in [0.1, 0.15) is 37.9 Å². The molecule has 0 fully saturated rings. The Morgan fingerprint density at radius 3 is 2.62 bits per heavy atom. The first-order chi connectivity index (χ1) is 7.76. The molecule has 0 saturated heterocycles. The van der Waals surface area contributed by atoms with Gasteiger partial charge in [0, 0.05) is 13.2 Å². The van der Waals surface area contributed by atoms with Crippen molar-refractivity contribution in [3.8, 4) is 0 Å². The van der Waals surface area contributed by atoms with Gasteiger partial charge in [-0.2, -0.15) is 4.98 Å². The maximum atomic E-state index is 8.83. The maximum absolute atomic E-state index is 8.83. The van der Waals surface area contributed by atoms with Crippen molar-refractivity contribution in [3.05, 3.63) is 11.7 Å². The number of rotatable bonds is 8. The molecular weight excluding hydrogens is 206 g/mol. The Morgan fingerprint density at radius 1 is 1.31 bits per heavy atom. The highest BCUT2D eigenvalue weighted by molar-refractivity contribution is 4.82. The molecule has 1 aromatic heterocycles. The summed E-state index contributed by atoms with van der Waals surface area (Å²) in [6.07, 6.45) is 3.11. The zero-order chi connectivity index (χ0) is 11.8. The first kappa shape index (κ1) is 13.1. The van der Waals surface area contributed by atoms with Crippen LogP contribution < -0.4 is 0 Å². The summed E-state index contributed by atoms with van der Waals surface area (Å²) in [5.74, 6) is 1.33. The Hall–Kier alpha value is -0.940. The highest BCUT2D eigenvalue weighted by Gasteiger charge is 2.09. The molecule has 5 heteroatoms. The van der Waals surface area contributed by atoms with Crippen LogP contribution >= 0.6 is 0 Å². The summed E-state index contributed by atoms with van der Waals surface area (Å²) in [4.78, 5) is 6.43. The molecule has 0 spiro atoms. The van der Waals surface area contributed by atoms with Crippen molar-refractivity contribution in [3.63, 3.8) is 0 Å². The van der Waals surface area contributed by atoms with Gasteiger partial charge in [0.2, 0.25) is 5.89 Å². The average Bonchev–Trinajstić information content (AvgIpc) is 2.68. The lowest BCUT2D eigenvalue weighted by Gasteiger charge is -2.19. The highest BCUT2D eigenvalue weighted by atomic mass is 16.5. The minimum atomic E-state index is 0.228. The first-order valence-corrected chi connectivity index (χ1v) is 5.88. The van der Waals surface area contributed by atoms with E-state index in [9.17, 15) is 0 Å². The molecule has 0 saturated carbocycles. The Bertz CT molecular complexity index is 281. The lowest BCUT2D eigenvalue weighted by Crippen LogP contribution is -2.26. The van der Waals surface area contributed by atoms with Crippen LogP contribution in [0, 0.1) is 6.92 Å².